The molecule has 1 aliphatic carbocycles. The van der Waals surface area contributed by atoms with Crippen LogP contribution in [0.1, 0.15) is 38.2 Å². The molecule has 0 spiro atoms. The molecule has 0 unspecified atom stereocenters. The first-order chi connectivity index (χ1) is 8.11. The van der Waals surface area contributed by atoms with Gasteiger partial charge in [-0.3, -0.25) is 0 Å². The summed E-state index contributed by atoms with van der Waals surface area (Å²) in [5.41, 5.74) is 1.43. The van der Waals surface area contributed by atoms with Gasteiger partial charge in [0.15, 0.2) is 0 Å². The standard InChI is InChI=1S/C15H23NO/c1-15(2,17-3)11-16-14-9-13(10-14)12-7-5-4-6-8-12/h4-8,13-14,16H,9-11H2,1-3H3. The Balaban J connectivity index is 1.73. The first-order valence-corrected chi connectivity index (χ1v) is 6.44. The van der Waals surface area contributed by atoms with Crippen molar-refractivity contribution in [2.75, 3.05) is 13.7 Å². The molecule has 0 atom stereocenters. The number of hydrogen-bond acceptors (Lipinski definition) is 2. The molecule has 0 radical (unpaired) electrons. The molecule has 0 aromatic heterocycles. The number of nitrogens with one attached hydrogen (secondary N) is 1. The lowest BCUT2D eigenvalue weighted by Gasteiger charge is -2.38. The molecule has 0 bridgehead atoms. The highest BCUT2D eigenvalue weighted by atomic mass is 16.5. The summed E-state index contributed by atoms with van der Waals surface area (Å²) < 4.78 is 5.41. The zero-order chi connectivity index (χ0) is 12.3. The van der Waals surface area contributed by atoms with Crippen LogP contribution in [0.15, 0.2) is 30.3 Å². The predicted molar refractivity (Wildman–Crippen MR) is 71.3 cm³/mol. The highest BCUT2D eigenvalue weighted by Crippen LogP contribution is 2.36. The molecule has 2 nitrogen and oxygen atoms in total. The number of rotatable bonds is 5. The first kappa shape index (κ1) is 12.6. The summed E-state index contributed by atoms with van der Waals surface area (Å²) in [6.07, 6.45) is 2.51. The molecule has 17 heavy (non-hydrogen) atoms. The topological polar surface area (TPSA) is 21.3 Å². The highest BCUT2D eigenvalue weighted by molar-refractivity contribution is 5.22. The van der Waals surface area contributed by atoms with Crippen LogP contribution < -0.4 is 5.32 Å². The number of hydrogen-bond donors (Lipinski definition) is 1. The van der Waals surface area contributed by atoms with Crippen molar-refractivity contribution in [3.63, 3.8) is 0 Å². The van der Waals surface area contributed by atoms with E-state index in [1.165, 1.54) is 18.4 Å². The molecule has 1 aromatic rings. The van der Waals surface area contributed by atoms with Gasteiger partial charge in [0, 0.05) is 19.7 Å². The van der Waals surface area contributed by atoms with E-state index in [0.717, 1.165) is 12.5 Å². The van der Waals surface area contributed by atoms with Crippen LogP contribution in [0.25, 0.3) is 0 Å². The van der Waals surface area contributed by atoms with Gasteiger partial charge in [-0.15, -0.1) is 0 Å². The van der Waals surface area contributed by atoms with Crippen molar-refractivity contribution >= 4 is 0 Å². The van der Waals surface area contributed by atoms with Gasteiger partial charge in [-0.25, -0.2) is 0 Å². The van der Waals surface area contributed by atoms with Crippen molar-refractivity contribution in [1.29, 1.82) is 0 Å². The molecule has 2 rings (SSSR count). The van der Waals surface area contributed by atoms with Crippen LogP contribution in [0.5, 0.6) is 0 Å². The fourth-order valence-corrected chi connectivity index (χ4v) is 2.24. The van der Waals surface area contributed by atoms with E-state index < -0.39 is 0 Å². The Kier molecular flexibility index (Phi) is 3.85. The molecular formula is C15H23NO. The SMILES string of the molecule is COC(C)(C)CNC1CC(c2ccccc2)C1. The second-order valence-electron chi connectivity index (χ2n) is 5.62. The minimum atomic E-state index is -0.0577. The summed E-state index contributed by atoms with van der Waals surface area (Å²) in [4.78, 5) is 0. The van der Waals surface area contributed by atoms with Gasteiger partial charge in [-0.05, 0) is 38.2 Å². The van der Waals surface area contributed by atoms with Crippen LogP contribution in [0.2, 0.25) is 0 Å². The van der Waals surface area contributed by atoms with Crippen molar-refractivity contribution in [3.8, 4) is 0 Å². The van der Waals surface area contributed by atoms with Crippen LogP contribution in [0.4, 0.5) is 0 Å². The second-order valence-corrected chi connectivity index (χ2v) is 5.62. The first-order valence-electron chi connectivity index (χ1n) is 6.44. The maximum absolute atomic E-state index is 5.41. The van der Waals surface area contributed by atoms with E-state index >= 15 is 0 Å². The molecule has 94 valence electrons. The van der Waals surface area contributed by atoms with Crippen LogP contribution in [-0.4, -0.2) is 25.3 Å². The van der Waals surface area contributed by atoms with Gasteiger partial charge in [0.25, 0.3) is 0 Å². The Morgan fingerprint density at radius 2 is 1.88 bits per heavy atom. The summed E-state index contributed by atoms with van der Waals surface area (Å²) in [5, 5.41) is 3.59. The molecule has 0 amide bonds. The third-order valence-electron chi connectivity index (χ3n) is 3.78. The second kappa shape index (κ2) is 5.19. The van der Waals surface area contributed by atoms with Gasteiger partial charge < -0.3 is 10.1 Å². The van der Waals surface area contributed by atoms with Crippen molar-refractivity contribution < 1.29 is 4.74 Å². The van der Waals surface area contributed by atoms with E-state index in [0.29, 0.717) is 6.04 Å². The Morgan fingerprint density at radius 1 is 1.24 bits per heavy atom. The minimum Gasteiger partial charge on any atom is -0.377 e. The van der Waals surface area contributed by atoms with Gasteiger partial charge in [-0.2, -0.15) is 0 Å². The molecule has 0 heterocycles. The molecular weight excluding hydrogens is 210 g/mol. The summed E-state index contributed by atoms with van der Waals surface area (Å²) in [5.74, 6) is 0.749. The third-order valence-corrected chi connectivity index (χ3v) is 3.78. The number of methoxy groups -OCH3 is 1. The number of benzene rings is 1. The monoisotopic (exact) mass is 233 g/mol. The van der Waals surface area contributed by atoms with Crippen LogP contribution >= 0.6 is 0 Å². The van der Waals surface area contributed by atoms with Crippen molar-refractivity contribution in [1.82, 2.24) is 5.32 Å². The van der Waals surface area contributed by atoms with E-state index in [1.54, 1.807) is 7.11 Å². The summed E-state index contributed by atoms with van der Waals surface area (Å²) in [7, 11) is 1.77. The molecule has 1 N–H and O–H groups in total. The largest absolute Gasteiger partial charge is 0.377 e. The molecule has 0 saturated heterocycles. The normalized spacial score (nSPS) is 24.4. The van der Waals surface area contributed by atoms with Crippen molar-refractivity contribution in [2.24, 2.45) is 0 Å². The summed E-state index contributed by atoms with van der Waals surface area (Å²) in [6.45, 7) is 5.16. The van der Waals surface area contributed by atoms with Crippen LogP contribution in [0.3, 0.4) is 0 Å². The predicted octanol–water partition coefficient (Wildman–Crippen LogP) is 2.95. The Morgan fingerprint density at radius 3 is 2.47 bits per heavy atom. The molecule has 0 aliphatic heterocycles. The van der Waals surface area contributed by atoms with Crippen LogP contribution in [0, 0.1) is 0 Å². The minimum absolute atomic E-state index is 0.0577. The quantitative estimate of drug-likeness (QED) is 0.844. The fourth-order valence-electron chi connectivity index (χ4n) is 2.24. The maximum atomic E-state index is 5.41. The van der Waals surface area contributed by atoms with E-state index in [-0.39, 0.29) is 5.60 Å². The lowest BCUT2D eigenvalue weighted by atomic mass is 9.76. The molecule has 1 aliphatic rings. The van der Waals surface area contributed by atoms with E-state index in [2.05, 4.69) is 49.5 Å². The smallest absolute Gasteiger partial charge is 0.0746 e. The summed E-state index contributed by atoms with van der Waals surface area (Å²) >= 11 is 0. The lowest BCUT2D eigenvalue weighted by Crippen LogP contribution is -2.46. The van der Waals surface area contributed by atoms with Gasteiger partial charge in [0.05, 0.1) is 5.60 Å². The zero-order valence-corrected chi connectivity index (χ0v) is 11.1. The molecule has 1 fully saturated rings. The third kappa shape index (κ3) is 3.30. The highest BCUT2D eigenvalue weighted by Gasteiger charge is 2.31. The average molecular weight is 233 g/mol. The van der Waals surface area contributed by atoms with E-state index in [4.69, 9.17) is 4.74 Å². The zero-order valence-electron chi connectivity index (χ0n) is 11.1. The fraction of sp³-hybridized carbons (Fsp3) is 0.600. The Bertz CT molecular complexity index is 341. The lowest BCUT2D eigenvalue weighted by molar-refractivity contribution is 0.0180. The van der Waals surface area contributed by atoms with Gasteiger partial charge in [-0.1, -0.05) is 30.3 Å². The molecule has 2 heteroatoms. The van der Waals surface area contributed by atoms with Crippen LogP contribution in [-0.2, 0) is 4.74 Å². The van der Waals surface area contributed by atoms with E-state index in [9.17, 15) is 0 Å². The Hall–Kier alpha value is -0.860. The summed E-state index contributed by atoms with van der Waals surface area (Å²) in [6, 6.07) is 11.5. The molecule has 1 saturated carbocycles. The van der Waals surface area contributed by atoms with Gasteiger partial charge in [0.2, 0.25) is 0 Å². The van der Waals surface area contributed by atoms with Crippen molar-refractivity contribution in [3.05, 3.63) is 35.9 Å². The maximum Gasteiger partial charge on any atom is 0.0746 e. The van der Waals surface area contributed by atoms with E-state index in [1.807, 2.05) is 0 Å². The average Bonchev–Trinajstić information content (AvgIpc) is 2.28. The van der Waals surface area contributed by atoms with Gasteiger partial charge in [0.1, 0.15) is 0 Å². The Labute approximate surface area is 104 Å². The molecule has 1 aromatic carbocycles. The number of ether oxygens (including phenoxy) is 1. The van der Waals surface area contributed by atoms with Gasteiger partial charge >= 0.3 is 0 Å². The van der Waals surface area contributed by atoms with Crippen molar-refractivity contribution in [2.45, 2.75) is 44.2 Å².